The average Bonchev–Trinajstić information content (AvgIpc) is 3.06. The third-order valence-corrected chi connectivity index (χ3v) is 4.86. The molecule has 0 aromatic heterocycles. The number of rotatable bonds is 3. The second kappa shape index (κ2) is 4.80. The molecule has 0 atom stereocenters. The number of benzene rings is 1. The molecule has 1 aromatic rings. The van der Waals surface area contributed by atoms with Crippen molar-refractivity contribution in [3.05, 3.63) is 21.7 Å². The lowest BCUT2D eigenvalue weighted by Crippen LogP contribution is -2.32. The molecule has 0 spiro atoms. The van der Waals surface area contributed by atoms with E-state index in [1.165, 1.54) is 12.8 Å². The number of carbonyl (C=O) groups excluding carboxylic acids is 1. The van der Waals surface area contributed by atoms with E-state index in [0.717, 1.165) is 29.2 Å². The molecule has 1 saturated carbocycles. The van der Waals surface area contributed by atoms with Crippen LogP contribution in [-0.2, 0) is 5.41 Å². The third kappa shape index (κ3) is 1.87. The van der Waals surface area contributed by atoms with E-state index in [9.17, 15) is 4.79 Å². The monoisotopic (exact) mass is 325 g/mol. The molecule has 19 heavy (non-hydrogen) atoms. The van der Waals surface area contributed by atoms with E-state index in [1.807, 2.05) is 6.07 Å². The van der Waals surface area contributed by atoms with Crippen molar-refractivity contribution in [2.45, 2.75) is 31.1 Å². The van der Waals surface area contributed by atoms with Crippen molar-refractivity contribution in [2.24, 2.45) is 5.73 Å². The van der Waals surface area contributed by atoms with Gasteiger partial charge in [-0.1, -0.05) is 28.8 Å². The van der Waals surface area contributed by atoms with Gasteiger partial charge in [0.25, 0.3) is 0 Å². The summed E-state index contributed by atoms with van der Waals surface area (Å²) in [6.45, 7) is 0.752. The molecular weight excluding hydrogens is 310 g/mol. The summed E-state index contributed by atoms with van der Waals surface area (Å²) in [6.07, 6.45) is 5.26. The zero-order valence-corrected chi connectivity index (χ0v) is 12.2. The number of hydrogen-bond donors (Lipinski definition) is 1. The SMILES string of the molecule is NCC1(c2c(Br)cc(C=O)c3c2OCO3)CCCC1. The standard InChI is InChI=1S/C14H16BrNO3/c15-10-5-9(6-17)12-13(19-8-18-12)11(10)14(7-16)3-1-2-4-14/h5-6H,1-4,7-8,16H2. The molecule has 0 amide bonds. The first kappa shape index (κ1) is 12.9. The highest BCUT2D eigenvalue weighted by Crippen LogP contribution is 2.52. The van der Waals surface area contributed by atoms with Crippen molar-refractivity contribution in [2.75, 3.05) is 13.3 Å². The van der Waals surface area contributed by atoms with Gasteiger partial charge >= 0.3 is 0 Å². The maximum atomic E-state index is 11.1. The van der Waals surface area contributed by atoms with E-state index in [0.29, 0.717) is 23.6 Å². The summed E-state index contributed by atoms with van der Waals surface area (Å²) in [5, 5.41) is 0. The number of hydrogen-bond acceptors (Lipinski definition) is 4. The molecule has 5 heteroatoms. The van der Waals surface area contributed by atoms with Crippen LogP contribution in [0.25, 0.3) is 0 Å². The topological polar surface area (TPSA) is 61.6 Å². The van der Waals surface area contributed by atoms with Crippen molar-refractivity contribution < 1.29 is 14.3 Å². The second-order valence-electron chi connectivity index (χ2n) is 5.20. The highest BCUT2D eigenvalue weighted by atomic mass is 79.9. The Balaban J connectivity index is 2.21. The minimum Gasteiger partial charge on any atom is -0.453 e. The second-order valence-corrected chi connectivity index (χ2v) is 6.05. The number of fused-ring (bicyclic) bond motifs is 1. The summed E-state index contributed by atoms with van der Waals surface area (Å²) >= 11 is 3.58. The van der Waals surface area contributed by atoms with E-state index in [-0.39, 0.29) is 12.2 Å². The molecular formula is C14H16BrNO3. The van der Waals surface area contributed by atoms with Gasteiger partial charge in [-0.05, 0) is 18.9 Å². The molecule has 2 aliphatic rings. The molecule has 4 nitrogen and oxygen atoms in total. The summed E-state index contributed by atoms with van der Waals surface area (Å²) in [6, 6.07) is 1.81. The average molecular weight is 326 g/mol. The fourth-order valence-corrected chi connectivity index (χ4v) is 4.10. The zero-order chi connectivity index (χ0) is 13.5. The van der Waals surface area contributed by atoms with Crippen molar-refractivity contribution in [1.29, 1.82) is 0 Å². The zero-order valence-electron chi connectivity index (χ0n) is 10.6. The van der Waals surface area contributed by atoms with Crippen molar-refractivity contribution in [3.63, 3.8) is 0 Å². The summed E-state index contributed by atoms with van der Waals surface area (Å²) in [5.41, 5.74) is 7.59. The Labute approximate surface area is 120 Å². The fraction of sp³-hybridized carbons (Fsp3) is 0.500. The predicted octanol–water partition coefficient (Wildman–Crippen LogP) is 2.76. The summed E-state index contributed by atoms with van der Waals surface area (Å²) in [4.78, 5) is 11.1. The summed E-state index contributed by atoms with van der Waals surface area (Å²) in [5.74, 6) is 1.26. The van der Waals surface area contributed by atoms with Gasteiger partial charge in [0.2, 0.25) is 6.79 Å². The quantitative estimate of drug-likeness (QED) is 0.868. The molecule has 1 aromatic carbocycles. The summed E-state index contributed by atoms with van der Waals surface area (Å²) in [7, 11) is 0. The van der Waals surface area contributed by atoms with E-state index in [4.69, 9.17) is 15.2 Å². The van der Waals surface area contributed by atoms with Gasteiger partial charge < -0.3 is 15.2 Å². The lowest BCUT2D eigenvalue weighted by Gasteiger charge is -2.30. The van der Waals surface area contributed by atoms with E-state index in [2.05, 4.69) is 15.9 Å². The van der Waals surface area contributed by atoms with Gasteiger partial charge in [0, 0.05) is 22.0 Å². The first-order valence-corrected chi connectivity index (χ1v) is 7.29. The predicted molar refractivity (Wildman–Crippen MR) is 74.9 cm³/mol. The Kier molecular flexibility index (Phi) is 3.27. The molecule has 1 aliphatic heterocycles. The smallest absolute Gasteiger partial charge is 0.231 e. The summed E-state index contributed by atoms with van der Waals surface area (Å²) < 4.78 is 12.0. The van der Waals surface area contributed by atoms with Gasteiger partial charge in [-0.15, -0.1) is 0 Å². The molecule has 1 heterocycles. The Morgan fingerprint density at radius 3 is 2.63 bits per heavy atom. The van der Waals surface area contributed by atoms with Crippen LogP contribution in [0.1, 0.15) is 41.6 Å². The molecule has 3 rings (SSSR count). The Bertz CT molecular complexity index is 524. The van der Waals surface area contributed by atoms with Crippen LogP contribution in [0.2, 0.25) is 0 Å². The van der Waals surface area contributed by atoms with Gasteiger partial charge in [0.1, 0.15) is 0 Å². The normalized spacial score (nSPS) is 19.7. The number of aldehydes is 1. The maximum Gasteiger partial charge on any atom is 0.231 e. The molecule has 0 radical (unpaired) electrons. The minimum absolute atomic E-state index is 0.0575. The first-order chi connectivity index (χ1) is 9.22. The van der Waals surface area contributed by atoms with Crippen LogP contribution in [0.3, 0.4) is 0 Å². The van der Waals surface area contributed by atoms with Crippen molar-refractivity contribution in [1.82, 2.24) is 0 Å². The molecule has 102 valence electrons. The molecule has 1 aliphatic carbocycles. The number of nitrogens with two attached hydrogens (primary N) is 1. The Morgan fingerprint density at radius 2 is 2.00 bits per heavy atom. The van der Waals surface area contributed by atoms with Crippen LogP contribution in [0.5, 0.6) is 11.5 Å². The Morgan fingerprint density at radius 1 is 1.32 bits per heavy atom. The van der Waals surface area contributed by atoms with Crippen LogP contribution >= 0.6 is 15.9 Å². The van der Waals surface area contributed by atoms with Gasteiger partial charge in [-0.25, -0.2) is 0 Å². The molecule has 0 unspecified atom stereocenters. The number of carbonyl (C=O) groups is 1. The van der Waals surface area contributed by atoms with E-state index < -0.39 is 0 Å². The van der Waals surface area contributed by atoms with E-state index in [1.54, 1.807) is 0 Å². The van der Waals surface area contributed by atoms with Gasteiger partial charge in [-0.2, -0.15) is 0 Å². The minimum atomic E-state index is -0.0575. The fourth-order valence-electron chi connectivity index (χ4n) is 3.25. The first-order valence-electron chi connectivity index (χ1n) is 6.50. The van der Waals surface area contributed by atoms with Crippen molar-refractivity contribution in [3.8, 4) is 11.5 Å². The molecule has 2 N–H and O–H groups in total. The molecule has 0 bridgehead atoms. The van der Waals surface area contributed by atoms with Crippen LogP contribution in [0.4, 0.5) is 0 Å². The van der Waals surface area contributed by atoms with Gasteiger partial charge in [0.05, 0.1) is 5.56 Å². The van der Waals surface area contributed by atoms with Crippen LogP contribution in [0.15, 0.2) is 10.5 Å². The van der Waals surface area contributed by atoms with Gasteiger partial charge in [0.15, 0.2) is 17.8 Å². The van der Waals surface area contributed by atoms with Gasteiger partial charge in [-0.3, -0.25) is 4.79 Å². The Hall–Kier alpha value is -1.07. The highest BCUT2D eigenvalue weighted by Gasteiger charge is 2.41. The van der Waals surface area contributed by atoms with Crippen LogP contribution in [0, 0.1) is 0 Å². The lowest BCUT2D eigenvalue weighted by molar-refractivity contribution is 0.111. The lowest BCUT2D eigenvalue weighted by atomic mass is 9.78. The third-order valence-electron chi connectivity index (χ3n) is 4.23. The van der Waals surface area contributed by atoms with Crippen molar-refractivity contribution >= 4 is 22.2 Å². The number of ether oxygens (including phenoxy) is 2. The number of halogens is 1. The van der Waals surface area contributed by atoms with E-state index >= 15 is 0 Å². The van der Waals surface area contributed by atoms with Crippen LogP contribution < -0.4 is 15.2 Å². The van der Waals surface area contributed by atoms with Crippen LogP contribution in [-0.4, -0.2) is 19.6 Å². The maximum absolute atomic E-state index is 11.1. The molecule has 0 saturated heterocycles. The largest absolute Gasteiger partial charge is 0.453 e. The molecule has 1 fully saturated rings. The highest BCUT2D eigenvalue weighted by molar-refractivity contribution is 9.10.